The molecule has 4 N–H and O–H groups in total. The molecular formula is C14H21N3O2. The van der Waals surface area contributed by atoms with Crippen molar-refractivity contribution >= 4 is 17.5 Å². The summed E-state index contributed by atoms with van der Waals surface area (Å²) in [5.74, 6) is -0.434. The Bertz CT molecular complexity index is 446. The summed E-state index contributed by atoms with van der Waals surface area (Å²) < 4.78 is 0. The predicted octanol–water partition coefficient (Wildman–Crippen LogP) is 1.36. The highest BCUT2D eigenvalue weighted by molar-refractivity contribution is 6.03. The zero-order valence-electron chi connectivity index (χ0n) is 11.4. The van der Waals surface area contributed by atoms with Gasteiger partial charge in [-0.05, 0) is 31.5 Å². The van der Waals surface area contributed by atoms with Crippen LogP contribution in [0.25, 0.3) is 0 Å². The third-order valence-electron chi connectivity index (χ3n) is 2.95. The smallest absolute Gasteiger partial charge is 0.253 e. The predicted molar refractivity (Wildman–Crippen MR) is 75.9 cm³/mol. The Morgan fingerprint density at radius 1 is 1.32 bits per heavy atom. The molecule has 0 saturated heterocycles. The normalized spacial score (nSPS) is 11.7. The van der Waals surface area contributed by atoms with Crippen molar-refractivity contribution in [2.24, 2.45) is 11.7 Å². The van der Waals surface area contributed by atoms with Crippen LogP contribution in [0.2, 0.25) is 0 Å². The fourth-order valence-corrected chi connectivity index (χ4v) is 1.74. The lowest BCUT2D eigenvalue weighted by Crippen LogP contribution is -2.24. The van der Waals surface area contributed by atoms with Crippen molar-refractivity contribution < 1.29 is 9.59 Å². The molecule has 19 heavy (non-hydrogen) atoms. The molecule has 0 aliphatic rings. The number of carbonyl (C=O) groups excluding carboxylic acids is 2. The van der Waals surface area contributed by atoms with Gasteiger partial charge < -0.3 is 16.4 Å². The summed E-state index contributed by atoms with van der Waals surface area (Å²) in [6, 6.07) is 6.95. The molecule has 0 aromatic heterocycles. The minimum absolute atomic E-state index is 0.0928. The van der Waals surface area contributed by atoms with Crippen molar-refractivity contribution in [1.29, 1.82) is 0 Å². The Kier molecular flexibility index (Phi) is 6.02. The van der Waals surface area contributed by atoms with Crippen LogP contribution < -0.4 is 16.4 Å². The van der Waals surface area contributed by atoms with Crippen LogP contribution in [0.15, 0.2) is 24.3 Å². The first-order chi connectivity index (χ1) is 9.10. The van der Waals surface area contributed by atoms with Crippen molar-refractivity contribution in [3.05, 3.63) is 29.8 Å². The highest BCUT2D eigenvalue weighted by Gasteiger charge is 2.16. The van der Waals surface area contributed by atoms with Crippen LogP contribution in [-0.4, -0.2) is 25.4 Å². The summed E-state index contributed by atoms with van der Waals surface area (Å²) in [5.41, 5.74) is 6.42. The van der Waals surface area contributed by atoms with Crippen LogP contribution in [0.3, 0.4) is 0 Å². The topological polar surface area (TPSA) is 84.2 Å². The fourth-order valence-electron chi connectivity index (χ4n) is 1.74. The molecule has 1 rings (SSSR count). The van der Waals surface area contributed by atoms with Gasteiger partial charge in [0.05, 0.1) is 11.3 Å². The Hall–Kier alpha value is -1.88. The summed E-state index contributed by atoms with van der Waals surface area (Å²) in [6.07, 6.45) is 1.55. The molecule has 0 saturated carbocycles. The van der Waals surface area contributed by atoms with E-state index in [1.54, 1.807) is 31.3 Å². The van der Waals surface area contributed by atoms with E-state index in [1.165, 1.54) is 0 Å². The summed E-state index contributed by atoms with van der Waals surface area (Å²) in [4.78, 5) is 23.7. The molecule has 0 aliphatic carbocycles. The number of para-hydroxylation sites is 1. The molecule has 0 spiro atoms. The van der Waals surface area contributed by atoms with Gasteiger partial charge >= 0.3 is 0 Å². The minimum atomic E-state index is -0.217. The second-order valence-corrected chi connectivity index (χ2v) is 4.45. The summed E-state index contributed by atoms with van der Waals surface area (Å²) in [7, 11) is 1.56. The minimum Gasteiger partial charge on any atom is -0.355 e. The zero-order valence-corrected chi connectivity index (χ0v) is 11.4. The van der Waals surface area contributed by atoms with Crippen LogP contribution in [0.5, 0.6) is 0 Å². The number of hydrogen-bond donors (Lipinski definition) is 3. The molecule has 1 aromatic carbocycles. The summed E-state index contributed by atoms with van der Waals surface area (Å²) in [5, 5.41) is 5.35. The number of nitrogens with two attached hydrogens (primary N) is 1. The van der Waals surface area contributed by atoms with Gasteiger partial charge in [0.1, 0.15) is 0 Å². The van der Waals surface area contributed by atoms with Crippen molar-refractivity contribution in [1.82, 2.24) is 5.32 Å². The lowest BCUT2D eigenvalue weighted by atomic mass is 10.0. The molecule has 104 valence electrons. The first kappa shape index (κ1) is 15.2. The number of amides is 2. The van der Waals surface area contributed by atoms with Crippen LogP contribution in [0, 0.1) is 5.92 Å². The van der Waals surface area contributed by atoms with Gasteiger partial charge in [-0.25, -0.2) is 0 Å². The SMILES string of the molecule is CNC(=O)c1ccccc1NC(=O)C(C)CCCN. The molecular weight excluding hydrogens is 242 g/mol. The largest absolute Gasteiger partial charge is 0.355 e. The third kappa shape index (κ3) is 4.37. The third-order valence-corrected chi connectivity index (χ3v) is 2.95. The van der Waals surface area contributed by atoms with E-state index in [0.29, 0.717) is 17.8 Å². The van der Waals surface area contributed by atoms with E-state index in [2.05, 4.69) is 10.6 Å². The van der Waals surface area contributed by atoms with E-state index < -0.39 is 0 Å². The Labute approximate surface area is 113 Å². The van der Waals surface area contributed by atoms with E-state index in [1.807, 2.05) is 6.92 Å². The molecule has 0 fully saturated rings. The zero-order chi connectivity index (χ0) is 14.3. The summed E-state index contributed by atoms with van der Waals surface area (Å²) >= 11 is 0. The molecule has 1 atom stereocenters. The highest BCUT2D eigenvalue weighted by Crippen LogP contribution is 2.17. The lowest BCUT2D eigenvalue weighted by molar-refractivity contribution is -0.119. The van der Waals surface area contributed by atoms with Crippen molar-refractivity contribution in [2.45, 2.75) is 19.8 Å². The number of carbonyl (C=O) groups is 2. The van der Waals surface area contributed by atoms with Crippen LogP contribution in [-0.2, 0) is 4.79 Å². The van der Waals surface area contributed by atoms with Gasteiger partial charge in [0.25, 0.3) is 5.91 Å². The average molecular weight is 263 g/mol. The lowest BCUT2D eigenvalue weighted by Gasteiger charge is -2.14. The van der Waals surface area contributed by atoms with Gasteiger partial charge in [0.15, 0.2) is 0 Å². The van der Waals surface area contributed by atoms with Crippen LogP contribution in [0.1, 0.15) is 30.1 Å². The summed E-state index contributed by atoms with van der Waals surface area (Å²) in [6.45, 7) is 2.43. The first-order valence-corrected chi connectivity index (χ1v) is 6.42. The standard InChI is InChI=1S/C14H21N3O2/c1-10(6-5-9-15)13(18)17-12-8-4-3-7-11(12)14(19)16-2/h3-4,7-8,10H,5-6,9,15H2,1-2H3,(H,16,19)(H,17,18). The fraction of sp³-hybridized carbons (Fsp3) is 0.429. The van der Waals surface area contributed by atoms with Gasteiger partial charge in [-0.15, -0.1) is 0 Å². The highest BCUT2D eigenvalue weighted by atomic mass is 16.2. The molecule has 0 bridgehead atoms. The number of nitrogens with one attached hydrogen (secondary N) is 2. The van der Waals surface area contributed by atoms with Gasteiger partial charge in [-0.2, -0.15) is 0 Å². The van der Waals surface area contributed by atoms with Crippen molar-refractivity contribution in [2.75, 3.05) is 18.9 Å². The van der Waals surface area contributed by atoms with E-state index in [-0.39, 0.29) is 17.7 Å². The molecule has 0 radical (unpaired) electrons. The molecule has 5 nitrogen and oxygen atoms in total. The first-order valence-electron chi connectivity index (χ1n) is 6.42. The Morgan fingerprint density at radius 3 is 2.63 bits per heavy atom. The number of anilines is 1. The van der Waals surface area contributed by atoms with E-state index in [9.17, 15) is 9.59 Å². The van der Waals surface area contributed by atoms with E-state index in [0.717, 1.165) is 12.8 Å². The van der Waals surface area contributed by atoms with Gasteiger partial charge in [0.2, 0.25) is 5.91 Å². The van der Waals surface area contributed by atoms with Crippen molar-refractivity contribution in [3.8, 4) is 0 Å². The number of benzene rings is 1. The molecule has 1 aromatic rings. The van der Waals surface area contributed by atoms with Crippen molar-refractivity contribution in [3.63, 3.8) is 0 Å². The maximum absolute atomic E-state index is 12.0. The maximum atomic E-state index is 12.0. The molecule has 2 amide bonds. The Balaban J connectivity index is 2.76. The van der Waals surface area contributed by atoms with Crippen LogP contribution in [0.4, 0.5) is 5.69 Å². The monoisotopic (exact) mass is 263 g/mol. The number of hydrogen-bond acceptors (Lipinski definition) is 3. The Morgan fingerprint density at radius 2 is 2.00 bits per heavy atom. The average Bonchev–Trinajstić information content (AvgIpc) is 2.44. The van der Waals surface area contributed by atoms with Gasteiger partial charge in [-0.1, -0.05) is 19.1 Å². The maximum Gasteiger partial charge on any atom is 0.253 e. The van der Waals surface area contributed by atoms with E-state index >= 15 is 0 Å². The molecule has 5 heteroatoms. The molecule has 0 heterocycles. The van der Waals surface area contributed by atoms with E-state index in [4.69, 9.17) is 5.73 Å². The number of rotatable bonds is 6. The molecule has 1 unspecified atom stereocenters. The molecule has 0 aliphatic heterocycles. The van der Waals surface area contributed by atoms with Gasteiger partial charge in [0, 0.05) is 13.0 Å². The second-order valence-electron chi connectivity index (χ2n) is 4.45. The second kappa shape index (κ2) is 7.53. The van der Waals surface area contributed by atoms with Gasteiger partial charge in [-0.3, -0.25) is 9.59 Å². The quantitative estimate of drug-likeness (QED) is 0.724. The van der Waals surface area contributed by atoms with Crippen LogP contribution >= 0.6 is 0 Å².